The molecule has 2 N–H and O–H groups in total. The summed E-state index contributed by atoms with van der Waals surface area (Å²) >= 11 is 1.66. The number of halogens is 1. The van der Waals surface area contributed by atoms with E-state index in [1.54, 1.807) is 11.3 Å². The van der Waals surface area contributed by atoms with E-state index in [4.69, 9.17) is 10.8 Å². The predicted octanol–water partition coefficient (Wildman–Crippen LogP) is 4.11. The number of carbonyl (C=O) groups is 1. The molecule has 148 valence electrons. The van der Waals surface area contributed by atoms with Gasteiger partial charge in [0.1, 0.15) is 5.69 Å². The fraction of sp³-hybridized carbons (Fsp3) is 0.333. The average molecular weight is 417 g/mol. The van der Waals surface area contributed by atoms with Crippen LogP contribution >= 0.6 is 23.7 Å². The maximum atomic E-state index is 12.8. The monoisotopic (exact) mass is 416 g/mol. The second-order valence-corrected chi connectivity index (χ2v) is 8.17. The van der Waals surface area contributed by atoms with Gasteiger partial charge in [0, 0.05) is 37.3 Å². The standard InChI is InChI=1S/C21H24N4OS.ClH/c1-24(21(26)15-9-10-17(22)12-15)13-16-14-25(18-6-3-2-4-7-18)23-20(16)19-8-5-11-27-19;/h2-8,11,14-15,17H,9-10,12-13,22H2,1H3;1H. The van der Waals surface area contributed by atoms with Crippen LogP contribution < -0.4 is 5.73 Å². The molecule has 3 aromatic rings. The zero-order valence-corrected chi connectivity index (χ0v) is 17.5. The molecule has 1 aromatic carbocycles. The van der Waals surface area contributed by atoms with E-state index in [1.807, 2.05) is 59.2 Å². The predicted molar refractivity (Wildman–Crippen MR) is 116 cm³/mol. The van der Waals surface area contributed by atoms with Crippen molar-refractivity contribution in [3.63, 3.8) is 0 Å². The Morgan fingerprint density at radius 2 is 2.04 bits per heavy atom. The van der Waals surface area contributed by atoms with Gasteiger partial charge >= 0.3 is 0 Å². The van der Waals surface area contributed by atoms with Crippen LogP contribution in [0.15, 0.2) is 54.0 Å². The van der Waals surface area contributed by atoms with Crippen LogP contribution in [-0.2, 0) is 11.3 Å². The van der Waals surface area contributed by atoms with Gasteiger partial charge in [-0.2, -0.15) is 5.10 Å². The van der Waals surface area contributed by atoms with Gasteiger partial charge in [0.25, 0.3) is 0 Å². The number of carbonyl (C=O) groups excluding carboxylic acids is 1. The molecule has 1 amide bonds. The van der Waals surface area contributed by atoms with E-state index < -0.39 is 0 Å². The minimum Gasteiger partial charge on any atom is -0.341 e. The molecule has 0 spiro atoms. The quantitative estimate of drug-likeness (QED) is 0.680. The fourth-order valence-electron chi connectivity index (χ4n) is 3.74. The number of nitrogens with two attached hydrogens (primary N) is 1. The molecule has 0 saturated heterocycles. The Bertz CT molecular complexity index is 910. The molecule has 1 fully saturated rings. The molecular formula is C21H25ClN4OS. The number of hydrogen-bond acceptors (Lipinski definition) is 4. The van der Waals surface area contributed by atoms with Crippen LogP contribution in [-0.4, -0.2) is 33.7 Å². The highest BCUT2D eigenvalue weighted by Gasteiger charge is 2.30. The number of thiophene rings is 1. The second kappa shape index (κ2) is 8.90. The number of aromatic nitrogens is 2. The van der Waals surface area contributed by atoms with E-state index in [0.717, 1.165) is 41.1 Å². The Kier molecular flexibility index (Phi) is 6.54. The smallest absolute Gasteiger partial charge is 0.225 e. The molecule has 2 atom stereocenters. The summed E-state index contributed by atoms with van der Waals surface area (Å²) in [6.07, 6.45) is 4.67. The van der Waals surface area contributed by atoms with Crippen LogP contribution in [0.3, 0.4) is 0 Å². The molecule has 0 radical (unpaired) electrons. The first kappa shape index (κ1) is 20.6. The zero-order valence-electron chi connectivity index (χ0n) is 15.8. The lowest BCUT2D eigenvalue weighted by Gasteiger charge is -2.21. The van der Waals surface area contributed by atoms with Crippen LogP contribution in [0.25, 0.3) is 16.3 Å². The van der Waals surface area contributed by atoms with Crippen LogP contribution in [0.1, 0.15) is 24.8 Å². The number of para-hydroxylation sites is 1. The van der Waals surface area contributed by atoms with Crippen LogP contribution in [0, 0.1) is 5.92 Å². The van der Waals surface area contributed by atoms with Gasteiger partial charge in [0.2, 0.25) is 5.91 Å². The van der Waals surface area contributed by atoms with Crippen molar-refractivity contribution < 1.29 is 4.79 Å². The largest absolute Gasteiger partial charge is 0.341 e. The van der Waals surface area contributed by atoms with Crippen LogP contribution in [0.5, 0.6) is 0 Å². The molecule has 28 heavy (non-hydrogen) atoms. The second-order valence-electron chi connectivity index (χ2n) is 7.22. The summed E-state index contributed by atoms with van der Waals surface area (Å²) in [4.78, 5) is 15.8. The van der Waals surface area contributed by atoms with E-state index in [0.29, 0.717) is 6.54 Å². The Morgan fingerprint density at radius 3 is 2.68 bits per heavy atom. The topological polar surface area (TPSA) is 64.2 Å². The van der Waals surface area contributed by atoms with Crippen molar-refractivity contribution in [2.75, 3.05) is 7.05 Å². The summed E-state index contributed by atoms with van der Waals surface area (Å²) in [5.74, 6) is 0.242. The van der Waals surface area contributed by atoms with Gasteiger partial charge < -0.3 is 10.6 Å². The molecular weight excluding hydrogens is 392 g/mol. The number of benzene rings is 1. The highest BCUT2D eigenvalue weighted by Crippen LogP contribution is 2.30. The maximum Gasteiger partial charge on any atom is 0.225 e. The molecule has 2 unspecified atom stereocenters. The first-order chi connectivity index (χ1) is 13.1. The molecule has 1 aliphatic rings. The van der Waals surface area contributed by atoms with Gasteiger partial charge in [-0.15, -0.1) is 23.7 Å². The summed E-state index contributed by atoms with van der Waals surface area (Å²) in [6, 6.07) is 14.3. The average Bonchev–Trinajstić information content (AvgIpc) is 3.42. The highest BCUT2D eigenvalue weighted by molar-refractivity contribution is 7.13. The highest BCUT2D eigenvalue weighted by atomic mass is 35.5. The first-order valence-electron chi connectivity index (χ1n) is 9.30. The Hall–Kier alpha value is -2.15. The van der Waals surface area contributed by atoms with E-state index in [2.05, 4.69) is 11.4 Å². The Labute approximate surface area is 175 Å². The van der Waals surface area contributed by atoms with Gasteiger partial charge in [-0.05, 0) is 42.8 Å². The molecule has 4 rings (SSSR count). The lowest BCUT2D eigenvalue weighted by Crippen LogP contribution is -2.32. The van der Waals surface area contributed by atoms with Crippen molar-refractivity contribution in [1.82, 2.24) is 14.7 Å². The fourth-order valence-corrected chi connectivity index (χ4v) is 4.49. The van der Waals surface area contributed by atoms with Crippen molar-refractivity contribution in [2.45, 2.75) is 31.8 Å². The summed E-state index contributed by atoms with van der Waals surface area (Å²) in [5.41, 5.74) is 9.00. The molecule has 2 aromatic heterocycles. The van der Waals surface area contributed by atoms with Crippen LogP contribution in [0.4, 0.5) is 0 Å². The van der Waals surface area contributed by atoms with E-state index in [1.165, 1.54) is 0 Å². The van der Waals surface area contributed by atoms with E-state index in [-0.39, 0.29) is 30.3 Å². The summed E-state index contributed by atoms with van der Waals surface area (Å²) in [6.45, 7) is 0.546. The number of nitrogens with zero attached hydrogens (tertiary/aromatic N) is 3. The lowest BCUT2D eigenvalue weighted by molar-refractivity contribution is -0.134. The van der Waals surface area contributed by atoms with E-state index in [9.17, 15) is 4.79 Å². The van der Waals surface area contributed by atoms with E-state index >= 15 is 0 Å². The molecule has 5 nitrogen and oxygen atoms in total. The minimum absolute atomic E-state index is 0. The molecule has 0 bridgehead atoms. The van der Waals surface area contributed by atoms with Gasteiger partial charge in [-0.25, -0.2) is 4.68 Å². The third-order valence-corrected chi connectivity index (χ3v) is 6.05. The maximum absolute atomic E-state index is 12.8. The molecule has 0 aliphatic heterocycles. The molecule has 1 saturated carbocycles. The molecule has 2 heterocycles. The van der Waals surface area contributed by atoms with Crippen LogP contribution in [0.2, 0.25) is 0 Å². The number of amides is 1. The Balaban J connectivity index is 0.00000225. The normalized spacial score (nSPS) is 18.6. The van der Waals surface area contributed by atoms with Crippen molar-refractivity contribution in [3.8, 4) is 16.3 Å². The first-order valence-corrected chi connectivity index (χ1v) is 10.2. The summed E-state index contributed by atoms with van der Waals surface area (Å²) < 4.78 is 1.90. The van der Waals surface area contributed by atoms with Crippen molar-refractivity contribution in [2.24, 2.45) is 11.7 Å². The number of hydrogen-bond donors (Lipinski definition) is 1. The van der Waals surface area contributed by atoms with Crippen molar-refractivity contribution in [3.05, 3.63) is 59.6 Å². The van der Waals surface area contributed by atoms with Crippen molar-refractivity contribution in [1.29, 1.82) is 0 Å². The van der Waals surface area contributed by atoms with Gasteiger partial charge in [0.15, 0.2) is 0 Å². The van der Waals surface area contributed by atoms with Gasteiger partial charge in [-0.3, -0.25) is 4.79 Å². The van der Waals surface area contributed by atoms with Gasteiger partial charge in [-0.1, -0.05) is 24.3 Å². The summed E-state index contributed by atoms with van der Waals surface area (Å²) in [5, 5.41) is 6.87. The Morgan fingerprint density at radius 1 is 1.25 bits per heavy atom. The minimum atomic E-state index is 0. The molecule has 1 aliphatic carbocycles. The zero-order chi connectivity index (χ0) is 18.8. The summed E-state index contributed by atoms with van der Waals surface area (Å²) in [7, 11) is 1.88. The SMILES string of the molecule is CN(Cc1cn(-c2ccccc2)nc1-c1cccs1)C(=O)C1CCC(N)C1.Cl. The third kappa shape index (κ3) is 4.29. The number of rotatable bonds is 5. The third-order valence-electron chi connectivity index (χ3n) is 5.17. The van der Waals surface area contributed by atoms with Gasteiger partial charge in [0.05, 0.1) is 10.6 Å². The lowest BCUT2D eigenvalue weighted by atomic mass is 10.1. The molecule has 7 heteroatoms. The van der Waals surface area contributed by atoms with Crippen molar-refractivity contribution >= 4 is 29.7 Å².